The van der Waals surface area contributed by atoms with Crippen LogP contribution in [0.3, 0.4) is 0 Å². The molecule has 0 aromatic heterocycles. The summed E-state index contributed by atoms with van der Waals surface area (Å²) in [5, 5.41) is 47.9. The number of rotatable bonds is 8. The Hall–Kier alpha value is -3.92. The van der Waals surface area contributed by atoms with E-state index in [1.165, 1.54) is 25.3 Å². The standard InChI is InChI=1S/C31H37N3O11/c1-12-25(36)17(34-30(41)16(33)7-8-32)9-20(44-12)45-19-11-31(42,13(2)35)10-15-22(19)29(40)24-23(27(15)38)26(37)14-5-4-6-18(43-3)21(14)28(24)39/h4-6,12,16-17,19-20,25,36,38,40,42H,7-11,32-33H2,1-3H3,(H,34,41)/t12-,16+,17+,19+,20-,25-,31-/m0/s1. The maximum absolute atomic E-state index is 13.8. The Morgan fingerprint density at radius 1 is 1.16 bits per heavy atom. The fraction of sp³-hybridized carbons (Fsp3) is 0.484. The lowest BCUT2D eigenvalue weighted by Gasteiger charge is -2.43. The minimum atomic E-state index is -2.08. The van der Waals surface area contributed by atoms with Crippen molar-refractivity contribution in [2.45, 2.75) is 81.8 Å². The molecular weight excluding hydrogens is 590 g/mol. The number of benzene rings is 2. The summed E-state index contributed by atoms with van der Waals surface area (Å²) in [7, 11) is 1.32. The van der Waals surface area contributed by atoms with Crippen molar-refractivity contribution in [2.75, 3.05) is 13.7 Å². The van der Waals surface area contributed by atoms with Crippen LogP contribution in [0, 0.1) is 0 Å². The molecule has 7 atom stereocenters. The van der Waals surface area contributed by atoms with Crippen LogP contribution in [0.15, 0.2) is 18.2 Å². The highest BCUT2D eigenvalue weighted by atomic mass is 16.7. The van der Waals surface area contributed by atoms with Crippen LogP contribution in [0.5, 0.6) is 17.2 Å². The molecule has 0 bridgehead atoms. The molecule has 2 aliphatic carbocycles. The van der Waals surface area contributed by atoms with Crippen molar-refractivity contribution in [3.05, 3.63) is 51.6 Å². The van der Waals surface area contributed by atoms with Crippen molar-refractivity contribution < 1.29 is 53.8 Å². The first-order valence-corrected chi connectivity index (χ1v) is 14.6. The zero-order chi connectivity index (χ0) is 33.0. The number of ether oxygens (including phenoxy) is 3. The minimum Gasteiger partial charge on any atom is -0.507 e. The van der Waals surface area contributed by atoms with Gasteiger partial charge in [0.15, 0.2) is 17.9 Å². The van der Waals surface area contributed by atoms with Crippen LogP contribution in [0.1, 0.15) is 82.2 Å². The predicted molar refractivity (Wildman–Crippen MR) is 156 cm³/mol. The quantitative estimate of drug-likeness (QED) is 0.161. The number of amides is 1. The highest BCUT2D eigenvalue weighted by Gasteiger charge is 2.49. The predicted octanol–water partition coefficient (Wildman–Crippen LogP) is -0.137. The van der Waals surface area contributed by atoms with E-state index in [1.54, 1.807) is 6.92 Å². The van der Waals surface area contributed by atoms with Crippen LogP contribution < -0.4 is 21.5 Å². The Morgan fingerprint density at radius 2 is 1.84 bits per heavy atom. The number of ketones is 3. The second kappa shape index (κ2) is 12.1. The molecule has 0 spiro atoms. The molecule has 14 nitrogen and oxygen atoms in total. The van der Waals surface area contributed by atoms with Gasteiger partial charge in [-0.25, -0.2) is 0 Å². The summed E-state index contributed by atoms with van der Waals surface area (Å²) in [6, 6.07) is 2.59. The lowest BCUT2D eigenvalue weighted by Crippen LogP contribution is -2.58. The molecule has 1 aliphatic heterocycles. The van der Waals surface area contributed by atoms with Gasteiger partial charge in [-0.2, -0.15) is 0 Å². The molecule has 1 fully saturated rings. The number of phenols is 2. The first-order chi connectivity index (χ1) is 21.2. The van der Waals surface area contributed by atoms with E-state index in [-0.39, 0.29) is 47.4 Å². The number of aromatic hydroxyl groups is 2. The SMILES string of the molecule is COc1cccc2c1C(=O)c1c(O)c3c(c(O)c1C2=O)C[C@@](O)(C(C)=O)C[C@H]3O[C@H]1C[C@@H](NC(=O)[C@H](N)CCN)[C@@H](O)[C@H](C)O1. The lowest BCUT2D eigenvalue weighted by atomic mass is 9.72. The van der Waals surface area contributed by atoms with Crippen molar-refractivity contribution >= 4 is 23.3 Å². The van der Waals surface area contributed by atoms with Gasteiger partial charge in [0, 0.05) is 36.0 Å². The Bertz CT molecular complexity index is 1580. The number of fused-ring (bicyclic) bond motifs is 3. The molecule has 3 aliphatic rings. The number of aliphatic hydroxyl groups is 2. The lowest BCUT2D eigenvalue weighted by molar-refractivity contribution is -0.249. The van der Waals surface area contributed by atoms with E-state index in [1.807, 2.05) is 0 Å². The van der Waals surface area contributed by atoms with Crippen LogP contribution >= 0.6 is 0 Å². The molecule has 45 heavy (non-hydrogen) atoms. The third-order valence-electron chi connectivity index (χ3n) is 8.90. The topological polar surface area (TPSA) is 241 Å². The average Bonchev–Trinajstić information content (AvgIpc) is 2.99. The van der Waals surface area contributed by atoms with Gasteiger partial charge in [0.1, 0.15) is 29.0 Å². The molecule has 0 radical (unpaired) electrons. The van der Waals surface area contributed by atoms with Gasteiger partial charge in [0.2, 0.25) is 11.7 Å². The van der Waals surface area contributed by atoms with E-state index in [2.05, 4.69) is 5.32 Å². The van der Waals surface area contributed by atoms with E-state index >= 15 is 0 Å². The second-order valence-electron chi connectivity index (χ2n) is 11.8. The number of aliphatic hydroxyl groups excluding tert-OH is 1. The number of carbonyl (C=O) groups is 4. The summed E-state index contributed by atoms with van der Waals surface area (Å²) < 4.78 is 17.3. The Balaban J connectivity index is 1.57. The zero-order valence-electron chi connectivity index (χ0n) is 25.0. The Kier molecular flexibility index (Phi) is 8.74. The van der Waals surface area contributed by atoms with E-state index in [0.717, 1.165) is 6.92 Å². The Morgan fingerprint density at radius 3 is 2.49 bits per heavy atom. The number of Topliss-reactive ketones (excluding diaryl/α,β-unsaturated/α-hetero) is 1. The second-order valence-corrected chi connectivity index (χ2v) is 11.8. The van der Waals surface area contributed by atoms with Gasteiger partial charge in [-0.15, -0.1) is 0 Å². The normalized spacial score (nSPS) is 28.0. The van der Waals surface area contributed by atoms with Gasteiger partial charge in [-0.05, 0) is 32.9 Å². The van der Waals surface area contributed by atoms with Crippen molar-refractivity contribution in [1.29, 1.82) is 0 Å². The number of hydrogen-bond donors (Lipinski definition) is 7. The molecule has 14 heteroatoms. The van der Waals surface area contributed by atoms with Gasteiger partial charge < -0.3 is 51.4 Å². The molecule has 0 unspecified atom stereocenters. The fourth-order valence-corrected chi connectivity index (χ4v) is 6.37. The third-order valence-corrected chi connectivity index (χ3v) is 8.90. The first-order valence-electron chi connectivity index (χ1n) is 14.6. The molecule has 1 saturated heterocycles. The average molecular weight is 628 g/mol. The van der Waals surface area contributed by atoms with Crippen molar-refractivity contribution in [3.63, 3.8) is 0 Å². The summed E-state index contributed by atoms with van der Waals surface area (Å²) in [4.78, 5) is 52.7. The number of hydrogen-bond acceptors (Lipinski definition) is 13. The van der Waals surface area contributed by atoms with Crippen LogP contribution in [-0.4, -0.2) is 93.5 Å². The van der Waals surface area contributed by atoms with Gasteiger partial charge in [0.05, 0.1) is 48.1 Å². The van der Waals surface area contributed by atoms with E-state index < -0.39 is 101 Å². The summed E-state index contributed by atoms with van der Waals surface area (Å²) in [6.07, 6.45) is -5.28. The minimum absolute atomic E-state index is 0.0469. The van der Waals surface area contributed by atoms with Crippen LogP contribution in [0.4, 0.5) is 0 Å². The van der Waals surface area contributed by atoms with Crippen molar-refractivity contribution in [1.82, 2.24) is 5.32 Å². The summed E-state index contributed by atoms with van der Waals surface area (Å²) in [6.45, 7) is 2.88. The number of methoxy groups -OCH3 is 1. The van der Waals surface area contributed by atoms with Crippen LogP contribution in [-0.2, 0) is 25.5 Å². The number of phenolic OH excluding ortho intramolecular Hbond substituents is 2. The summed E-state index contributed by atoms with van der Waals surface area (Å²) in [5.41, 5.74) is 7.96. The Labute approximate surface area is 258 Å². The van der Waals surface area contributed by atoms with E-state index in [0.29, 0.717) is 0 Å². The first kappa shape index (κ1) is 32.5. The van der Waals surface area contributed by atoms with Gasteiger partial charge in [-0.1, -0.05) is 12.1 Å². The maximum atomic E-state index is 13.8. The van der Waals surface area contributed by atoms with Gasteiger partial charge >= 0.3 is 0 Å². The van der Waals surface area contributed by atoms with Crippen molar-refractivity contribution in [2.24, 2.45) is 11.5 Å². The summed E-state index contributed by atoms with van der Waals surface area (Å²) >= 11 is 0. The van der Waals surface area contributed by atoms with Gasteiger partial charge in [-0.3, -0.25) is 19.2 Å². The number of carbonyl (C=O) groups excluding carboxylic acids is 4. The van der Waals surface area contributed by atoms with E-state index in [4.69, 9.17) is 25.7 Å². The molecule has 2 aromatic rings. The van der Waals surface area contributed by atoms with Crippen molar-refractivity contribution in [3.8, 4) is 17.2 Å². The number of nitrogens with one attached hydrogen (secondary N) is 1. The highest BCUT2D eigenvalue weighted by Crippen LogP contribution is 2.52. The molecule has 242 valence electrons. The molecule has 9 N–H and O–H groups in total. The fourth-order valence-electron chi connectivity index (χ4n) is 6.37. The van der Waals surface area contributed by atoms with Crippen LogP contribution in [0.25, 0.3) is 0 Å². The molecule has 1 amide bonds. The number of nitrogens with two attached hydrogens (primary N) is 2. The molecular formula is C31H37N3O11. The monoisotopic (exact) mass is 627 g/mol. The van der Waals surface area contributed by atoms with Crippen LogP contribution in [0.2, 0.25) is 0 Å². The largest absolute Gasteiger partial charge is 0.507 e. The highest BCUT2D eigenvalue weighted by molar-refractivity contribution is 6.31. The molecule has 5 rings (SSSR count). The zero-order valence-corrected chi connectivity index (χ0v) is 25.0. The van der Waals surface area contributed by atoms with Gasteiger partial charge in [0.25, 0.3) is 0 Å². The molecule has 2 aromatic carbocycles. The summed E-state index contributed by atoms with van der Waals surface area (Å²) in [5.74, 6) is -3.99. The smallest absolute Gasteiger partial charge is 0.237 e. The molecule has 0 saturated carbocycles. The maximum Gasteiger partial charge on any atom is 0.237 e. The third kappa shape index (κ3) is 5.47. The van der Waals surface area contributed by atoms with E-state index in [9.17, 15) is 39.6 Å². The molecule has 1 heterocycles.